The third-order valence-electron chi connectivity index (χ3n) is 3.69. The van der Waals surface area contributed by atoms with Crippen molar-refractivity contribution in [2.75, 3.05) is 0 Å². The average molecular weight is 292 g/mol. The first kappa shape index (κ1) is 14.1. The van der Waals surface area contributed by atoms with Crippen molar-refractivity contribution in [3.63, 3.8) is 0 Å². The van der Waals surface area contributed by atoms with Crippen molar-refractivity contribution in [3.05, 3.63) is 83.3 Å². The van der Waals surface area contributed by atoms with E-state index < -0.39 is 0 Å². The molecule has 0 spiro atoms. The maximum atomic E-state index is 12.2. The molecule has 3 aromatic rings. The fourth-order valence-electron chi connectivity index (χ4n) is 2.40. The molecule has 1 amide bonds. The minimum atomic E-state index is -0.193. The highest BCUT2D eigenvalue weighted by atomic mass is 16.5. The second-order valence-corrected chi connectivity index (χ2v) is 5.25. The molecule has 4 heteroatoms. The monoisotopic (exact) mass is 292 g/mol. The Morgan fingerprint density at radius 2 is 1.73 bits per heavy atom. The zero-order chi connectivity index (χ0) is 15.5. The maximum absolute atomic E-state index is 12.2. The molecule has 0 fully saturated rings. The van der Waals surface area contributed by atoms with E-state index in [0.29, 0.717) is 10.3 Å². The molecule has 2 aromatic carbocycles. The van der Waals surface area contributed by atoms with Gasteiger partial charge in [0.25, 0.3) is 5.91 Å². The molecular weight excluding hydrogens is 276 g/mol. The van der Waals surface area contributed by atoms with Gasteiger partial charge < -0.3 is 10.5 Å². The van der Waals surface area contributed by atoms with Gasteiger partial charge in [-0.2, -0.15) is 4.73 Å². The van der Waals surface area contributed by atoms with Gasteiger partial charge in [0, 0.05) is 12.1 Å². The van der Waals surface area contributed by atoms with E-state index in [4.69, 9.17) is 0 Å². The summed E-state index contributed by atoms with van der Waals surface area (Å²) in [6.45, 7) is 1.94. The van der Waals surface area contributed by atoms with Gasteiger partial charge in [-0.25, -0.2) is 0 Å². The lowest BCUT2D eigenvalue weighted by atomic mass is 10.0. The van der Waals surface area contributed by atoms with Crippen molar-refractivity contribution in [3.8, 4) is 0 Å². The number of nitrogens with one attached hydrogen (secondary N) is 1. The predicted molar refractivity (Wildman–Crippen MR) is 85.2 cm³/mol. The van der Waals surface area contributed by atoms with Gasteiger partial charge in [-0.3, -0.25) is 4.79 Å². The summed E-state index contributed by atoms with van der Waals surface area (Å²) in [6, 6.07) is 17.2. The number of fused-ring (bicyclic) bond motifs is 1. The third kappa shape index (κ3) is 2.91. The van der Waals surface area contributed by atoms with E-state index in [9.17, 15) is 10.0 Å². The number of hydrogen-bond donors (Lipinski definition) is 1. The molecule has 0 radical (unpaired) electrons. The molecule has 3 rings (SSSR count). The molecule has 0 aliphatic rings. The molecule has 22 heavy (non-hydrogen) atoms. The number of pyridine rings is 1. The topological polar surface area (TPSA) is 56.0 Å². The molecule has 1 unspecified atom stereocenters. The van der Waals surface area contributed by atoms with Gasteiger partial charge in [-0.15, -0.1) is 0 Å². The van der Waals surface area contributed by atoms with Gasteiger partial charge in [0.1, 0.15) is 0 Å². The Morgan fingerprint density at radius 3 is 2.45 bits per heavy atom. The quantitative estimate of drug-likeness (QED) is 0.596. The molecule has 1 N–H and O–H groups in total. The average Bonchev–Trinajstić information content (AvgIpc) is 2.55. The Balaban J connectivity index is 1.79. The molecule has 1 atom stereocenters. The number of hydrogen-bond acceptors (Lipinski definition) is 2. The molecule has 0 saturated heterocycles. The Hall–Kier alpha value is -2.88. The number of carbonyl (C=O) groups excluding carboxylic acids is 1. The Bertz CT molecular complexity index is 813. The standard InChI is InChI=1S/C18H16N2O2/c1-13(19-18(21)15-8-10-20(22)11-9-15)16-7-6-14-4-2-3-5-17(14)12-16/h2-13H,1H3,(H,19,21). The summed E-state index contributed by atoms with van der Waals surface area (Å²) in [5.74, 6) is -0.193. The fourth-order valence-corrected chi connectivity index (χ4v) is 2.40. The van der Waals surface area contributed by atoms with Crippen molar-refractivity contribution < 1.29 is 9.52 Å². The van der Waals surface area contributed by atoms with E-state index in [1.165, 1.54) is 29.9 Å². The van der Waals surface area contributed by atoms with Crippen molar-refractivity contribution in [1.29, 1.82) is 0 Å². The lowest BCUT2D eigenvalue weighted by Gasteiger charge is -2.15. The number of amides is 1. The summed E-state index contributed by atoms with van der Waals surface area (Å²) in [5.41, 5.74) is 1.52. The largest absolute Gasteiger partial charge is 0.619 e. The van der Waals surface area contributed by atoms with E-state index in [2.05, 4.69) is 29.6 Å². The van der Waals surface area contributed by atoms with Gasteiger partial charge in [0.2, 0.25) is 0 Å². The van der Waals surface area contributed by atoms with E-state index in [0.717, 1.165) is 10.9 Å². The van der Waals surface area contributed by atoms with Gasteiger partial charge in [0.15, 0.2) is 12.4 Å². The van der Waals surface area contributed by atoms with Crippen LogP contribution in [-0.2, 0) is 0 Å². The normalized spacial score (nSPS) is 12.0. The van der Waals surface area contributed by atoms with Crippen molar-refractivity contribution in [1.82, 2.24) is 5.32 Å². The first-order valence-electron chi connectivity index (χ1n) is 7.12. The minimum absolute atomic E-state index is 0.114. The molecular formula is C18H16N2O2. The van der Waals surface area contributed by atoms with Crippen LogP contribution in [0, 0.1) is 5.21 Å². The maximum Gasteiger partial charge on any atom is 0.252 e. The number of carbonyl (C=O) groups is 1. The Kier molecular flexibility index (Phi) is 3.74. The third-order valence-corrected chi connectivity index (χ3v) is 3.69. The summed E-state index contributed by atoms with van der Waals surface area (Å²) in [6.07, 6.45) is 2.63. The number of nitrogens with zero attached hydrogens (tertiary/aromatic N) is 1. The minimum Gasteiger partial charge on any atom is -0.619 e. The van der Waals surface area contributed by atoms with Crippen LogP contribution in [-0.4, -0.2) is 5.91 Å². The van der Waals surface area contributed by atoms with E-state index in [-0.39, 0.29) is 11.9 Å². The zero-order valence-electron chi connectivity index (χ0n) is 12.2. The van der Waals surface area contributed by atoms with Crippen LogP contribution in [0.25, 0.3) is 10.8 Å². The van der Waals surface area contributed by atoms with Crippen LogP contribution in [0.2, 0.25) is 0 Å². The van der Waals surface area contributed by atoms with Crippen LogP contribution in [0.4, 0.5) is 0 Å². The van der Waals surface area contributed by atoms with Gasteiger partial charge in [-0.1, -0.05) is 36.4 Å². The summed E-state index contributed by atoms with van der Waals surface area (Å²) in [4.78, 5) is 12.2. The molecule has 0 saturated carbocycles. The van der Waals surface area contributed by atoms with Crippen LogP contribution in [0.5, 0.6) is 0 Å². The van der Waals surface area contributed by atoms with Crippen molar-refractivity contribution in [2.45, 2.75) is 13.0 Å². The smallest absolute Gasteiger partial charge is 0.252 e. The predicted octanol–water partition coefficient (Wildman–Crippen LogP) is 2.96. The molecule has 0 aliphatic carbocycles. The van der Waals surface area contributed by atoms with Gasteiger partial charge in [-0.05, 0) is 29.3 Å². The molecule has 1 heterocycles. The second-order valence-electron chi connectivity index (χ2n) is 5.25. The SMILES string of the molecule is CC(NC(=O)c1cc[n+]([O-])cc1)c1ccc2ccccc2c1. The fraction of sp³-hybridized carbons (Fsp3) is 0.111. The lowest BCUT2D eigenvalue weighted by Crippen LogP contribution is -2.29. The number of rotatable bonds is 3. The Morgan fingerprint density at radius 1 is 1.05 bits per heavy atom. The van der Waals surface area contributed by atoms with E-state index in [1.807, 2.05) is 25.1 Å². The first-order chi connectivity index (χ1) is 10.6. The summed E-state index contributed by atoms with van der Waals surface area (Å²) in [7, 11) is 0. The van der Waals surface area contributed by atoms with E-state index >= 15 is 0 Å². The highest BCUT2D eigenvalue weighted by Crippen LogP contribution is 2.20. The summed E-state index contributed by atoms with van der Waals surface area (Å²) >= 11 is 0. The van der Waals surface area contributed by atoms with Gasteiger partial charge >= 0.3 is 0 Å². The molecule has 0 aliphatic heterocycles. The molecule has 1 aromatic heterocycles. The van der Waals surface area contributed by atoms with Crippen molar-refractivity contribution in [2.24, 2.45) is 0 Å². The second kappa shape index (κ2) is 5.85. The highest BCUT2D eigenvalue weighted by Gasteiger charge is 2.12. The number of aromatic nitrogens is 1. The number of benzene rings is 2. The van der Waals surface area contributed by atoms with Crippen molar-refractivity contribution >= 4 is 16.7 Å². The zero-order valence-corrected chi connectivity index (χ0v) is 12.2. The van der Waals surface area contributed by atoms with Crippen LogP contribution >= 0.6 is 0 Å². The molecule has 0 bridgehead atoms. The highest BCUT2D eigenvalue weighted by molar-refractivity contribution is 5.94. The van der Waals surface area contributed by atoms with E-state index in [1.54, 1.807) is 0 Å². The summed E-state index contributed by atoms with van der Waals surface area (Å²) < 4.78 is 0.656. The van der Waals surface area contributed by atoms with Crippen LogP contribution < -0.4 is 10.0 Å². The van der Waals surface area contributed by atoms with Crippen LogP contribution in [0.3, 0.4) is 0 Å². The van der Waals surface area contributed by atoms with Crippen LogP contribution in [0.15, 0.2) is 67.0 Å². The molecule has 4 nitrogen and oxygen atoms in total. The van der Waals surface area contributed by atoms with Crippen LogP contribution in [0.1, 0.15) is 28.9 Å². The molecule has 110 valence electrons. The first-order valence-corrected chi connectivity index (χ1v) is 7.12. The lowest BCUT2D eigenvalue weighted by molar-refractivity contribution is -0.605. The summed E-state index contributed by atoms with van der Waals surface area (Å²) in [5, 5.41) is 16.3. The van der Waals surface area contributed by atoms with Gasteiger partial charge in [0.05, 0.1) is 11.6 Å². The Labute approximate surface area is 128 Å².